The van der Waals surface area contributed by atoms with Crippen LogP contribution in [0, 0.1) is 11.8 Å². The van der Waals surface area contributed by atoms with E-state index in [1.54, 1.807) is 0 Å². The molecule has 0 saturated heterocycles. The highest BCUT2D eigenvalue weighted by Gasteiger charge is 2.32. The van der Waals surface area contributed by atoms with Gasteiger partial charge >= 0.3 is 0 Å². The number of nitrogen functional groups attached to an aromatic ring is 1. The third kappa shape index (κ3) is 3.49. The predicted molar refractivity (Wildman–Crippen MR) is 78.7 cm³/mol. The molecule has 0 spiro atoms. The van der Waals surface area contributed by atoms with E-state index in [1.807, 2.05) is 24.3 Å². The molecule has 0 aliphatic heterocycles. The van der Waals surface area contributed by atoms with Gasteiger partial charge in [0.05, 0.1) is 6.42 Å². The number of benzene rings is 1. The van der Waals surface area contributed by atoms with Gasteiger partial charge in [0.2, 0.25) is 5.91 Å². The molecular weight excluding hydrogens is 236 g/mol. The number of carbonyl (C=O) groups is 1. The molecule has 1 aliphatic carbocycles. The first kappa shape index (κ1) is 13.9. The normalized spacial score (nSPS) is 26.3. The number of rotatable bonds is 4. The zero-order valence-electron chi connectivity index (χ0n) is 11.9. The van der Waals surface area contributed by atoms with Crippen molar-refractivity contribution >= 4 is 11.6 Å². The highest BCUT2D eigenvalue weighted by atomic mass is 16.1. The van der Waals surface area contributed by atoms with E-state index in [4.69, 9.17) is 5.73 Å². The van der Waals surface area contributed by atoms with Gasteiger partial charge in [-0.25, -0.2) is 0 Å². The van der Waals surface area contributed by atoms with Crippen LogP contribution in [0.15, 0.2) is 24.3 Å². The number of carbonyl (C=O) groups excluding carboxylic acids is 1. The number of hydrogen-bond acceptors (Lipinski definition) is 2. The molecule has 3 heteroatoms. The molecule has 0 radical (unpaired) electrons. The summed E-state index contributed by atoms with van der Waals surface area (Å²) in [7, 11) is 0. The maximum Gasteiger partial charge on any atom is 0.224 e. The zero-order valence-corrected chi connectivity index (χ0v) is 11.9. The molecule has 0 aromatic heterocycles. The Bertz CT molecular complexity index is 427. The van der Waals surface area contributed by atoms with Crippen molar-refractivity contribution in [3.63, 3.8) is 0 Å². The van der Waals surface area contributed by atoms with E-state index < -0.39 is 0 Å². The van der Waals surface area contributed by atoms with Gasteiger partial charge in [0.25, 0.3) is 0 Å². The monoisotopic (exact) mass is 260 g/mol. The first-order valence-electron chi connectivity index (χ1n) is 7.24. The Kier molecular flexibility index (Phi) is 4.46. The van der Waals surface area contributed by atoms with Crippen LogP contribution in [0.25, 0.3) is 0 Å². The van der Waals surface area contributed by atoms with Crippen LogP contribution in [0.2, 0.25) is 0 Å². The fraction of sp³-hybridized carbons (Fsp3) is 0.562. The number of hydrogen-bond donors (Lipinski definition) is 2. The molecule has 1 amide bonds. The minimum absolute atomic E-state index is 0.123. The summed E-state index contributed by atoms with van der Waals surface area (Å²) in [4.78, 5) is 12.1. The number of anilines is 1. The van der Waals surface area contributed by atoms with Gasteiger partial charge in [0, 0.05) is 11.7 Å². The Morgan fingerprint density at radius 1 is 1.32 bits per heavy atom. The van der Waals surface area contributed by atoms with Crippen molar-refractivity contribution in [1.29, 1.82) is 0 Å². The number of amides is 1. The minimum Gasteiger partial charge on any atom is -0.399 e. The SMILES string of the molecule is CCC1CCC(NC(=O)Cc2ccc(N)cc2)C1C. The summed E-state index contributed by atoms with van der Waals surface area (Å²) in [5.74, 6) is 1.49. The lowest BCUT2D eigenvalue weighted by Crippen LogP contribution is -2.38. The zero-order chi connectivity index (χ0) is 13.8. The molecule has 19 heavy (non-hydrogen) atoms. The Balaban J connectivity index is 1.86. The van der Waals surface area contributed by atoms with Gasteiger partial charge in [-0.05, 0) is 42.4 Å². The van der Waals surface area contributed by atoms with E-state index >= 15 is 0 Å². The van der Waals surface area contributed by atoms with Crippen molar-refractivity contribution in [3.05, 3.63) is 29.8 Å². The Morgan fingerprint density at radius 3 is 2.58 bits per heavy atom. The molecule has 104 valence electrons. The van der Waals surface area contributed by atoms with E-state index in [1.165, 1.54) is 12.8 Å². The lowest BCUT2D eigenvalue weighted by atomic mass is 9.93. The van der Waals surface area contributed by atoms with Gasteiger partial charge in [-0.15, -0.1) is 0 Å². The van der Waals surface area contributed by atoms with E-state index in [-0.39, 0.29) is 5.91 Å². The lowest BCUT2D eigenvalue weighted by Gasteiger charge is -2.21. The highest BCUT2D eigenvalue weighted by molar-refractivity contribution is 5.79. The van der Waals surface area contributed by atoms with Crippen LogP contribution < -0.4 is 11.1 Å². The predicted octanol–water partition coefficient (Wildman–Crippen LogP) is 2.75. The van der Waals surface area contributed by atoms with Crippen LogP contribution in [0.5, 0.6) is 0 Å². The van der Waals surface area contributed by atoms with E-state index in [2.05, 4.69) is 19.2 Å². The van der Waals surface area contributed by atoms with Crippen molar-refractivity contribution in [2.75, 3.05) is 5.73 Å². The number of nitrogens with one attached hydrogen (secondary N) is 1. The molecular formula is C16H24N2O. The minimum atomic E-state index is 0.123. The Morgan fingerprint density at radius 2 is 2.00 bits per heavy atom. The molecule has 3 N–H and O–H groups in total. The summed E-state index contributed by atoms with van der Waals surface area (Å²) >= 11 is 0. The molecule has 1 aliphatic rings. The fourth-order valence-corrected chi connectivity index (χ4v) is 3.11. The van der Waals surface area contributed by atoms with Gasteiger partial charge in [0.15, 0.2) is 0 Å². The van der Waals surface area contributed by atoms with Gasteiger partial charge in [-0.3, -0.25) is 4.79 Å². The molecule has 0 heterocycles. The second kappa shape index (κ2) is 6.09. The van der Waals surface area contributed by atoms with Gasteiger partial charge in [-0.1, -0.05) is 32.4 Å². The third-order valence-electron chi connectivity index (χ3n) is 4.44. The molecule has 3 nitrogen and oxygen atoms in total. The van der Waals surface area contributed by atoms with E-state index in [9.17, 15) is 4.79 Å². The topological polar surface area (TPSA) is 55.1 Å². The summed E-state index contributed by atoms with van der Waals surface area (Å²) < 4.78 is 0. The number of nitrogens with two attached hydrogens (primary N) is 1. The second-order valence-electron chi connectivity index (χ2n) is 5.70. The Hall–Kier alpha value is -1.51. The van der Waals surface area contributed by atoms with Crippen molar-refractivity contribution in [2.45, 2.75) is 45.6 Å². The van der Waals surface area contributed by atoms with Crippen molar-refractivity contribution in [1.82, 2.24) is 5.32 Å². The molecule has 1 saturated carbocycles. The summed E-state index contributed by atoms with van der Waals surface area (Å²) in [6.45, 7) is 4.50. The fourth-order valence-electron chi connectivity index (χ4n) is 3.11. The van der Waals surface area contributed by atoms with Gasteiger partial charge in [0.1, 0.15) is 0 Å². The summed E-state index contributed by atoms with van der Waals surface area (Å²) in [6, 6.07) is 7.87. The van der Waals surface area contributed by atoms with Crippen LogP contribution in [0.4, 0.5) is 5.69 Å². The largest absolute Gasteiger partial charge is 0.399 e. The van der Waals surface area contributed by atoms with Gasteiger partial charge < -0.3 is 11.1 Å². The molecule has 1 aromatic rings. The lowest BCUT2D eigenvalue weighted by molar-refractivity contribution is -0.121. The van der Waals surface area contributed by atoms with Crippen LogP contribution in [0.1, 0.15) is 38.7 Å². The average Bonchev–Trinajstić information content (AvgIpc) is 2.73. The second-order valence-corrected chi connectivity index (χ2v) is 5.70. The van der Waals surface area contributed by atoms with Crippen molar-refractivity contribution < 1.29 is 4.79 Å². The summed E-state index contributed by atoms with van der Waals surface area (Å²) in [5.41, 5.74) is 7.39. The molecule has 2 rings (SSSR count). The summed E-state index contributed by atoms with van der Waals surface area (Å²) in [5, 5.41) is 3.19. The summed E-state index contributed by atoms with van der Waals surface area (Å²) in [6.07, 6.45) is 4.02. The smallest absolute Gasteiger partial charge is 0.224 e. The highest BCUT2D eigenvalue weighted by Crippen LogP contribution is 2.33. The molecule has 3 unspecified atom stereocenters. The van der Waals surface area contributed by atoms with Crippen LogP contribution in [0.3, 0.4) is 0 Å². The standard InChI is InChI=1S/C16H24N2O/c1-3-13-6-9-15(11(13)2)18-16(19)10-12-4-7-14(17)8-5-12/h4-5,7-8,11,13,15H,3,6,9-10,17H2,1-2H3,(H,18,19). The van der Waals surface area contributed by atoms with Gasteiger partial charge in [-0.2, -0.15) is 0 Å². The maximum atomic E-state index is 12.1. The Labute approximate surface area is 115 Å². The third-order valence-corrected chi connectivity index (χ3v) is 4.44. The maximum absolute atomic E-state index is 12.1. The van der Waals surface area contributed by atoms with E-state index in [0.717, 1.165) is 23.6 Å². The first-order chi connectivity index (χ1) is 9.10. The van der Waals surface area contributed by atoms with E-state index in [0.29, 0.717) is 18.4 Å². The first-order valence-corrected chi connectivity index (χ1v) is 7.24. The van der Waals surface area contributed by atoms with Crippen molar-refractivity contribution in [3.8, 4) is 0 Å². The van der Waals surface area contributed by atoms with Crippen LogP contribution in [-0.2, 0) is 11.2 Å². The van der Waals surface area contributed by atoms with Crippen LogP contribution in [-0.4, -0.2) is 11.9 Å². The quantitative estimate of drug-likeness (QED) is 0.818. The molecule has 1 aromatic carbocycles. The average molecular weight is 260 g/mol. The molecule has 0 bridgehead atoms. The molecule has 1 fully saturated rings. The molecule has 3 atom stereocenters. The van der Waals surface area contributed by atoms with Crippen molar-refractivity contribution in [2.24, 2.45) is 11.8 Å². The van der Waals surface area contributed by atoms with Crippen LogP contribution >= 0.6 is 0 Å².